The van der Waals surface area contributed by atoms with Crippen molar-refractivity contribution in [3.05, 3.63) is 0 Å². The minimum atomic E-state index is -0.142. The van der Waals surface area contributed by atoms with Gasteiger partial charge in [0.15, 0.2) is 0 Å². The third kappa shape index (κ3) is 2.68. The second kappa shape index (κ2) is 4.92. The van der Waals surface area contributed by atoms with Gasteiger partial charge >= 0.3 is 0 Å². The van der Waals surface area contributed by atoms with Crippen molar-refractivity contribution in [2.24, 2.45) is 11.7 Å². The Morgan fingerprint density at radius 2 is 1.60 bits per heavy atom. The first-order chi connectivity index (χ1) is 7.27. The number of hydrazine groups is 1. The van der Waals surface area contributed by atoms with Gasteiger partial charge in [0, 0.05) is 32.1 Å². The van der Waals surface area contributed by atoms with E-state index in [0.717, 1.165) is 52.2 Å². The maximum atomic E-state index is 11.0. The number of morpholine rings is 1. The van der Waals surface area contributed by atoms with Crippen LogP contribution in [-0.2, 0) is 9.53 Å². The van der Waals surface area contributed by atoms with Crippen molar-refractivity contribution in [3.8, 4) is 0 Å². The fraction of sp³-hybridized carbons (Fsp3) is 0.900. The van der Waals surface area contributed by atoms with Crippen molar-refractivity contribution in [1.29, 1.82) is 0 Å². The Hall–Kier alpha value is -0.650. The second-order valence-electron chi connectivity index (χ2n) is 4.20. The molecule has 2 saturated heterocycles. The molecule has 2 fully saturated rings. The van der Waals surface area contributed by atoms with Crippen LogP contribution in [0.3, 0.4) is 0 Å². The summed E-state index contributed by atoms with van der Waals surface area (Å²) in [4.78, 5) is 11.0. The van der Waals surface area contributed by atoms with Crippen molar-refractivity contribution >= 4 is 5.91 Å². The topological polar surface area (TPSA) is 58.8 Å². The van der Waals surface area contributed by atoms with Gasteiger partial charge in [-0.05, 0) is 12.8 Å². The Morgan fingerprint density at radius 3 is 2.13 bits per heavy atom. The monoisotopic (exact) mass is 213 g/mol. The predicted molar refractivity (Wildman–Crippen MR) is 55.9 cm³/mol. The van der Waals surface area contributed by atoms with Gasteiger partial charge in [0.25, 0.3) is 0 Å². The van der Waals surface area contributed by atoms with Gasteiger partial charge in [0.1, 0.15) is 0 Å². The zero-order valence-electron chi connectivity index (χ0n) is 9.02. The molecule has 0 radical (unpaired) electrons. The molecule has 15 heavy (non-hydrogen) atoms. The lowest BCUT2D eigenvalue weighted by Gasteiger charge is -2.40. The maximum Gasteiger partial charge on any atom is 0.220 e. The molecular formula is C10H19N3O2. The number of primary amides is 1. The number of rotatable bonds is 2. The molecule has 1 amide bonds. The molecule has 0 unspecified atom stereocenters. The van der Waals surface area contributed by atoms with Gasteiger partial charge in [0.2, 0.25) is 5.91 Å². The SMILES string of the molecule is NC(=O)C1CCN(N2CCOCC2)CC1. The van der Waals surface area contributed by atoms with E-state index in [1.807, 2.05) is 0 Å². The Morgan fingerprint density at radius 1 is 1.07 bits per heavy atom. The number of nitrogens with zero attached hydrogens (tertiary/aromatic N) is 2. The van der Waals surface area contributed by atoms with Crippen LogP contribution < -0.4 is 5.73 Å². The fourth-order valence-corrected chi connectivity index (χ4v) is 2.27. The summed E-state index contributed by atoms with van der Waals surface area (Å²) >= 11 is 0. The van der Waals surface area contributed by atoms with Gasteiger partial charge in [-0.2, -0.15) is 0 Å². The highest BCUT2D eigenvalue weighted by molar-refractivity contribution is 5.76. The minimum absolute atomic E-state index is 0.0855. The molecule has 5 heteroatoms. The summed E-state index contributed by atoms with van der Waals surface area (Å²) in [5.74, 6) is -0.0566. The van der Waals surface area contributed by atoms with E-state index < -0.39 is 0 Å². The van der Waals surface area contributed by atoms with E-state index in [9.17, 15) is 4.79 Å². The van der Waals surface area contributed by atoms with Gasteiger partial charge in [-0.1, -0.05) is 0 Å². The van der Waals surface area contributed by atoms with E-state index in [0.29, 0.717) is 0 Å². The van der Waals surface area contributed by atoms with Crippen LogP contribution >= 0.6 is 0 Å². The number of carbonyl (C=O) groups is 1. The molecule has 2 aliphatic heterocycles. The first kappa shape index (κ1) is 10.9. The van der Waals surface area contributed by atoms with Crippen LogP contribution in [0.4, 0.5) is 0 Å². The lowest BCUT2D eigenvalue weighted by atomic mass is 9.97. The number of piperidine rings is 1. The standard InChI is InChI=1S/C10H19N3O2/c11-10(14)9-1-3-12(4-2-9)13-5-7-15-8-6-13/h9H,1-8H2,(H2,11,14). The number of hydrogen-bond donors (Lipinski definition) is 1. The molecule has 2 aliphatic rings. The Bertz CT molecular complexity index is 221. The van der Waals surface area contributed by atoms with Crippen LogP contribution in [-0.4, -0.2) is 55.3 Å². The van der Waals surface area contributed by atoms with Gasteiger partial charge in [0.05, 0.1) is 13.2 Å². The fourth-order valence-electron chi connectivity index (χ4n) is 2.27. The van der Waals surface area contributed by atoms with Crippen molar-refractivity contribution in [2.45, 2.75) is 12.8 Å². The molecule has 0 aromatic heterocycles. The minimum Gasteiger partial charge on any atom is -0.379 e. The van der Waals surface area contributed by atoms with E-state index in [2.05, 4.69) is 10.0 Å². The number of amides is 1. The number of nitrogens with two attached hydrogens (primary N) is 1. The highest BCUT2D eigenvalue weighted by atomic mass is 16.5. The summed E-state index contributed by atoms with van der Waals surface area (Å²) < 4.78 is 5.31. The molecule has 2 N–H and O–H groups in total. The Balaban J connectivity index is 1.79. The largest absolute Gasteiger partial charge is 0.379 e. The number of hydrogen-bond acceptors (Lipinski definition) is 4. The van der Waals surface area contributed by atoms with Crippen LogP contribution in [0.15, 0.2) is 0 Å². The molecule has 86 valence electrons. The quantitative estimate of drug-likeness (QED) is 0.667. The maximum absolute atomic E-state index is 11.0. The summed E-state index contributed by atoms with van der Waals surface area (Å²) in [5, 5.41) is 4.67. The third-order valence-electron chi connectivity index (χ3n) is 3.26. The first-order valence-corrected chi connectivity index (χ1v) is 5.64. The molecule has 0 bridgehead atoms. The highest BCUT2D eigenvalue weighted by Crippen LogP contribution is 2.18. The van der Waals surface area contributed by atoms with Gasteiger partial charge < -0.3 is 10.5 Å². The molecule has 0 atom stereocenters. The van der Waals surface area contributed by atoms with E-state index >= 15 is 0 Å². The lowest BCUT2D eigenvalue weighted by molar-refractivity contribution is -0.129. The molecule has 0 aromatic carbocycles. The Labute approximate surface area is 90.1 Å². The van der Waals surface area contributed by atoms with Crippen LogP contribution in [0.5, 0.6) is 0 Å². The summed E-state index contributed by atoms with van der Waals surface area (Å²) in [6, 6.07) is 0. The van der Waals surface area contributed by atoms with Crippen molar-refractivity contribution in [2.75, 3.05) is 39.4 Å². The molecule has 0 aromatic rings. The zero-order valence-corrected chi connectivity index (χ0v) is 9.02. The smallest absolute Gasteiger partial charge is 0.220 e. The highest BCUT2D eigenvalue weighted by Gasteiger charge is 2.26. The molecule has 2 rings (SSSR count). The van der Waals surface area contributed by atoms with Crippen molar-refractivity contribution in [3.63, 3.8) is 0 Å². The molecular weight excluding hydrogens is 194 g/mol. The lowest BCUT2D eigenvalue weighted by Crippen LogP contribution is -2.52. The second-order valence-corrected chi connectivity index (χ2v) is 4.20. The molecule has 2 heterocycles. The average molecular weight is 213 g/mol. The summed E-state index contributed by atoms with van der Waals surface area (Å²) in [7, 11) is 0. The van der Waals surface area contributed by atoms with E-state index in [-0.39, 0.29) is 11.8 Å². The van der Waals surface area contributed by atoms with Gasteiger partial charge in [-0.15, -0.1) is 0 Å². The summed E-state index contributed by atoms with van der Waals surface area (Å²) in [5.41, 5.74) is 5.30. The molecule has 0 saturated carbocycles. The van der Waals surface area contributed by atoms with Crippen LogP contribution in [0.25, 0.3) is 0 Å². The zero-order chi connectivity index (χ0) is 10.7. The Kier molecular flexibility index (Phi) is 3.56. The van der Waals surface area contributed by atoms with Gasteiger partial charge in [-0.3, -0.25) is 4.79 Å². The normalized spacial score (nSPS) is 26.7. The summed E-state index contributed by atoms with van der Waals surface area (Å²) in [6.45, 7) is 5.48. The van der Waals surface area contributed by atoms with E-state index in [1.54, 1.807) is 0 Å². The summed E-state index contributed by atoms with van der Waals surface area (Å²) in [6.07, 6.45) is 1.79. The average Bonchev–Trinajstić information content (AvgIpc) is 2.30. The van der Waals surface area contributed by atoms with E-state index in [4.69, 9.17) is 10.5 Å². The molecule has 5 nitrogen and oxygen atoms in total. The van der Waals surface area contributed by atoms with Crippen LogP contribution in [0.1, 0.15) is 12.8 Å². The van der Waals surface area contributed by atoms with Gasteiger partial charge in [-0.25, -0.2) is 10.0 Å². The molecule has 0 spiro atoms. The van der Waals surface area contributed by atoms with E-state index in [1.165, 1.54) is 0 Å². The van der Waals surface area contributed by atoms with Crippen molar-refractivity contribution in [1.82, 2.24) is 10.0 Å². The van der Waals surface area contributed by atoms with Crippen LogP contribution in [0.2, 0.25) is 0 Å². The molecule has 0 aliphatic carbocycles. The number of ether oxygens (including phenoxy) is 1. The third-order valence-corrected chi connectivity index (χ3v) is 3.26. The first-order valence-electron chi connectivity index (χ1n) is 5.64. The predicted octanol–water partition coefficient (Wildman–Crippen LogP) is -0.569. The van der Waals surface area contributed by atoms with Crippen molar-refractivity contribution < 1.29 is 9.53 Å². The number of carbonyl (C=O) groups excluding carboxylic acids is 1. The van der Waals surface area contributed by atoms with Crippen LogP contribution in [0, 0.1) is 5.92 Å².